The minimum atomic E-state index is -0.648. The second-order valence-electron chi connectivity index (χ2n) is 6.14. The van der Waals surface area contributed by atoms with Crippen LogP contribution in [-0.4, -0.2) is 17.6 Å². The smallest absolute Gasteiger partial charge is 0.261 e. The fourth-order valence-electron chi connectivity index (χ4n) is 2.25. The fraction of sp³-hybridized carbons (Fsp3) is 0.286. The lowest BCUT2D eigenvalue weighted by Crippen LogP contribution is -2.47. The van der Waals surface area contributed by atoms with Gasteiger partial charge in [-0.1, -0.05) is 30.2 Å². The summed E-state index contributed by atoms with van der Waals surface area (Å²) in [7, 11) is 0. The molecule has 2 rings (SSSR count). The van der Waals surface area contributed by atoms with Crippen molar-refractivity contribution in [3.63, 3.8) is 0 Å². The Kier molecular flexibility index (Phi) is 6.08. The van der Waals surface area contributed by atoms with Crippen LogP contribution >= 0.6 is 0 Å². The summed E-state index contributed by atoms with van der Waals surface area (Å²) in [6.45, 7) is 7.15. The fourth-order valence-corrected chi connectivity index (χ4v) is 2.25. The Morgan fingerprint density at radius 3 is 2.36 bits per heavy atom. The van der Waals surface area contributed by atoms with Crippen LogP contribution in [0.2, 0.25) is 0 Å². The maximum absolute atomic E-state index is 12.3. The van der Waals surface area contributed by atoms with Gasteiger partial charge in [-0.3, -0.25) is 4.79 Å². The van der Waals surface area contributed by atoms with Crippen LogP contribution < -0.4 is 14.8 Å². The van der Waals surface area contributed by atoms with E-state index in [0.29, 0.717) is 11.5 Å². The van der Waals surface area contributed by atoms with E-state index in [-0.39, 0.29) is 5.91 Å². The van der Waals surface area contributed by atoms with Crippen LogP contribution in [0.5, 0.6) is 17.2 Å². The Morgan fingerprint density at radius 2 is 1.68 bits per heavy atom. The van der Waals surface area contributed by atoms with Gasteiger partial charge in [0.25, 0.3) is 5.91 Å². The molecule has 0 spiro atoms. The van der Waals surface area contributed by atoms with Gasteiger partial charge in [-0.15, -0.1) is 5.92 Å². The van der Waals surface area contributed by atoms with Crippen molar-refractivity contribution in [2.24, 2.45) is 0 Å². The van der Waals surface area contributed by atoms with Gasteiger partial charge >= 0.3 is 0 Å². The van der Waals surface area contributed by atoms with E-state index in [0.717, 1.165) is 5.75 Å². The number of rotatable bonds is 6. The zero-order chi connectivity index (χ0) is 18.3. The Morgan fingerprint density at radius 1 is 1.04 bits per heavy atom. The third-order valence-electron chi connectivity index (χ3n) is 3.34. The lowest BCUT2D eigenvalue weighted by molar-refractivity contribution is -0.128. The molecule has 1 unspecified atom stereocenters. The highest BCUT2D eigenvalue weighted by atomic mass is 16.5. The molecule has 0 saturated carbocycles. The van der Waals surface area contributed by atoms with E-state index in [1.807, 2.05) is 56.3 Å². The van der Waals surface area contributed by atoms with E-state index in [9.17, 15) is 4.79 Å². The molecule has 25 heavy (non-hydrogen) atoms. The second kappa shape index (κ2) is 8.25. The molecule has 4 heteroatoms. The summed E-state index contributed by atoms with van der Waals surface area (Å²) < 4.78 is 11.5. The van der Waals surface area contributed by atoms with Gasteiger partial charge in [0.15, 0.2) is 6.10 Å². The molecule has 130 valence electrons. The predicted molar refractivity (Wildman–Crippen MR) is 98.7 cm³/mol. The van der Waals surface area contributed by atoms with Crippen molar-refractivity contribution in [1.82, 2.24) is 5.32 Å². The number of amides is 1. The molecule has 0 aliphatic heterocycles. The Balaban J connectivity index is 2.01. The first kappa shape index (κ1) is 18.4. The molecule has 2 aromatic carbocycles. The van der Waals surface area contributed by atoms with E-state index in [2.05, 4.69) is 17.2 Å². The van der Waals surface area contributed by atoms with Gasteiger partial charge in [0, 0.05) is 6.07 Å². The summed E-state index contributed by atoms with van der Waals surface area (Å²) in [6, 6.07) is 16.7. The molecule has 0 saturated heterocycles. The van der Waals surface area contributed by atoms with Crippen molar-refractivity contribution in [3.8, 4) is 29.1 Å². The van der Waals surface area contributed by atoms with E-state index in [1.54, 1.807) is 26.0 Å². The van der Waals surface area contributed by atoms with Crippen LogP contribution in [0, 0.1) is 11.8 Å². The van der Waals surface area contributed by atoms with Gasteiger partial charge in [-0.2, -0.15) is 0 Å². The SMILES string of the molecule is CC#CC(C)(C)NC(=O)C(C)Oc1cccc(Oc2ccccc2)c1. The minimum Gasteiger partial charge on any atom is -0.481 e. The predicted octanol–water partition coefficient (Wildman–Crippen LogP) is 4.16. The van der Waals surface area contributed by atoms with E-state index in [1.165, 1.54) is 0 Å². The van der Waals surface area contributed by atoms with Gasteiger partial charge in [-0.25, -0.2) is 0 Å². The molecule has 1 amide bonds. The van der Waals surface area contributed by atoms with Crippen molar-refractivity contribution < 1.29 is 14.3 Å². The molecule has 0 bridgehead atoms. The van der Waals surface area contributed by atoms with Crippen molar-refractivity contribution in [3.05, 3.63) is 54.6 Å². The average Bonchev–Trinajstić information content (AvgIpc) is 2.55. The average molecular weight is 337 g/mol. The molecule has 0 fully saturated rings. The standard InChI is InChI=1S/C21H23NO3/c1-5-14-21(3,4)22-20(23)16(2)24-18-12-9-13-19(15-18)25-17-10-7-6-8-11-17/h6-13,15-16H,1-4H3,(H,22,23). The second-order valence-corrected chi connectivity index (χ2v) is 6.14. The number of para-hydroxylation sites is 1. The minimum absolute atomic E-state index is 0.220. The number of benzene rings is 2. The Bertz CT molecular complexity index is 772. The maximum atomic E-state index is 12.3. The third kappa shape index (κ3) is 5.89. The lowest BCUT2D eigenvalue weighted by atomic mass is 10.1. The molecule has 4 nitrogen and oxygen atoms in total. The number of hydrogen-bond acceptors (Lipinski definition) is 3. The zero-order valence-corrected chi connectivity index (χ0v) is 15.0. The van der Waals surface area contributed by atoms with Crippen molar-refractivity contribution in [1.29, 1.82) is 0 Å². The van der Waals surface area contributed by atoms with Crippen LogP contribution in [0.25, 0.3) is 0 Å². The summed E-state index contributed by atoms with van der Waals surface area (Å²) in [4.78, 5) is 12.3. The molecule has 0 radical (unpaired) electrons. The Hall–Kier alpha value is -2.93. The summed E-state index contributed by atoms with van der Waals surface area (Å²) in [5, 5.41) is 2.86. The summed E-state index contributed by atoms with van der Waals surface area (Å²) in [5.74, 6) is 7.49. The highest BCUT2D eigenvalue weighted by Gasteiger charge is 2.22. The van der Waals surface area contributed by atoms with Crippen LogP contribution in [0.4, 0.5) is 0 Å². The van der Waals surface area contributed by atoms with Crippen molar-refractivity contribution >= 4 is 5.91 Å². The molecule has 2 aromatic rings. The van der Waals surface area contributed by atoms with Gasteiger partial charge in [0.05, 0.1) is 5.54 Å². The largest absolute Gasteiger partial charge is 0.481 e. The van der Waals surface area contributed by atoms with Crippen molar-refractivity contribution in [2.45, 2.75) is 39.3 Å². The van der Waals surface area contributed by atoms with Crippen molar-refractivity contribution in [2.75, 3.05) is 0 Å². The zero-order valence-electron chi connectivity index (χ0n) is 15.0. The molecular formula is C21H23NO3. The van der Waals surface area contributed by atoms with Gasteiger partial charge in [0.1, 0.15) is 17.2 Å². The van der Waals surface area contributed by atoms with E-state index < -0.39 is 11.6 Å². The maximum Gasteiger partial charge on any atom is 0.261 e. The summed E-state index contributed by atoms with van der Waals surface area (Å²) in [5.41, 5.74) is -0.596. The number of nitrogens with one attached hydrogen (secondary N) is 1. The van der Waals surface area contributed by atoms with Crippen LogP contribution in [-0.2, 0) is 4.79 Å². The molecular weight excluding hydrogens is 314 g/mol. The topological polar surface area (TPSA) is 47.6 Å². The normalized spacial score (nSPS) is 11.7. The quantitative estimate of drug-likeness (QED) is 0.805. The number of carbonyl (C=O) groups is 1. The van der Waals surface area contributed by atoms with E-state index in [4.69, 9.17) is 9.47 Å². The van der Waals surface area contributed by atoms with Gasteiger partial charge in [-0.05, 0) is 52.0 Å². The van der Waals surface area contributed by atoms with Crippen LogP contribution in [0.3, 0.4) is 0 Å². The Labute approximate surface area is 149 Å². The van der Waals surface area contributed by atoms with Gasteiger partial charge in [0.2, 0.25) is 0 Å². The molecule has 1 N–H and O–H groups in total. The highest BCUT2D eigenvalue weighted by molar-refractivity contribution is 5.81. The third-order valence-corrected chi connectivity index (χ3v) is 3.34. The highest BCUT2D eigenvalue weighted by Crippen LogP contribution is 2.25. The molecule has 0 aliphatic rings. The molecule has 1 atom stereocenters. The molecule has 0 aliphatic carbocycles. The summed E-state index contributed by atoms with van der Waals surface area (Å²) >= 11 is 0. The summed E-state index contributed by atoms with van der Waals surface area (Å²) in [6.07, 6.45) is -0.648. The van der Waals surface area contributed by atoms with Crippen LogP contribution in [0.1, 0.15) is 27.7 Å². The van der Waals surface area contributed by atoms with Gasteiger partial charge < -0.3 is 14.8 Å². The number of hydrogen-bond donors (Lipinski definition) is 1. The monoisotopic (exact) mass is 337 g/mol. The first-order chi connectivity index (χ1) is 11.9. The number of carbonyl (C=O) groups excluding carboxylic acids is 1. The first-order valence-corrected chi connectivity index (χ1v) is 8.15. The molecule has 0 aromatic heterocycles. The van der Waals surface area contributed by atoms with E-state index >= 15 is 0 Å². The first-order valence-electron chi connectivity index (χ1n) is 8.15. The molecule has 0 heterocycles. The lowest BCUT2D eigenvalue weighted by Gasteiger charge is -2.23. The van der Waals surface area contributed by atoms with Crippen LogP contribution in [0.15, 0.2) is 54.6 Å². The number of ether oxygens (including phenoxy) is 2.